The molecule has 0 aliphatic carbocycles. The summed E-state index contributed by atoms with van der Waals surface area (Å²) in [7, 11) is 0. The first-order chi connectivity index (χ1) is 22.3. The number of aryl methyl sites for hydroxylation is 2. The molecular formula is C35H34F3N5O3. The normalized spacial score (nSPS) is 19.6. The van der Waals surface area contributed by atoms with Crippen LogP contribution in [0.3, 0.4) is 0 Å². The largest absolute Gasteiger partial charge is 0.508 e. The average Bonchev–Trinajstić information content (AvgIpc) is 3.58. The molecule has 5 heterocycles. The van der Waals surface area contributed by atoms with Crippen LogP contribution in [0.25, 0.3) is 32.9 Å². The number of pyridine rings is 2. The summed E-state index contributed by atoms with van der Waals surface area (Å²) < 4.78 is 58.1. The van der Waals surface area contributed by atoms with Crippen molar-refractivity contribution in [3.8, 4) is 28.9 Å². The summed E-state index contributed by atoms with van der Waals surface area (Å²) in [5, 5.41) is 11.8. The Bertz CT molecular complexity index is 1910. The van der Waals surface area contributed by atoms with Crippen LogP contribution in [0.15, 0.2) is 55.0 Å². The molecule has 2 aromatic carbocycles. The molecule has 0 amide bonds. The zero-order valence-corrected chi connectivity index (χ0v) is 25.5. The molecule has 0 bridgehead atoms. The number of benzene rings is 2. The van der Waals surface area contributed by atoms with E-state index in [1.54, 1.807) is 18.5 Å². The van der Waals surface area contributed by atoms with E-state index in [4.69, 9.17) is 9.47 Å². The van der Waals surface area contributed by atoms with Gasteiger partial charge in [0.1, 0.15) is 35.6 Å². The third kappa shape index (κ3) is 5.57. The zero-order valence-electron chi connectivity index (χ0n) is 25.5. The highest BCUT2D eigenvalue weighted by Gasteiger charge is 2.49. The maximum atomic E-state index is 16.6. The van der Waals surface area contributed by atoms with Crippen LogP contribution < -0.4 is 9.47 Å². The van der Waals surface area contributed by atoms with Crippen molar-refractivity contribution in [2.24, 2.45) is 0 Å². The van der Waals surface area contributed by atoms with E-state index in [1.807, 2.05) is 19.1 Å². The summed E-state index contributed by atoms with van der Waals surface area (Å²) in [4.78, 5) is 19.7. The molecule has 7 rings (SSSR count). The summed E-state index contributed by atoms with van der Waals surface area (Å²) in [5.41, 5.74) is 1.05. The van der Waals surface area contributed by atoms with Crippen molar-refractivity contribution in [1.29, 1.82) is 0 Å². The molecule has 3 aromatic heterocycles. The monoisotopic (exact) mass is 629 g/mol. The summed E-state index contributed by atoms with van der Waals surface area (Å²) in [6, 6.07) is 9.55. The molecule has 2 atom stereocenters. The number of hydrogen-bond donors (Lipinski definition) is 1. The van der Waals surface area contributed by atoms with E-state index in [9.17, 15) is 13.9 Å². The van der Waals surface area contributed by atoms with Crippen LogP contribution in [0.4, 0.5) is 13.2 Å². The Labute approximate surface area is 264 Å². The zero-order chi connectivity index (χ0) is 31.8. The molecule has 11 heteroatoms. The number of aromatic hydroxyl groups is 1. The van der Waals surface area contributed by atoms with Gasteiger partial charge in [0.25, 0.3) is 0 Å². The van der Waals surface area contributed by atoms with Crippen LogP contribution >= 0.6 is 0 Å². The second-order valence-corrected chi connectivity index (χ2v) is 12.1. The van der Waals surface area contributed by atoms with E-state index in [0.29, 0.717) is 42.1 Å². The Hall–Kier alpha value is -4.51. The molecule has 0 radical (unpaired) electrons. The third-order valence-electron chi connectivity index (χ3n) is 9.19. The Balaban J connectivity index is 1.28. The number of phenols is 1. The second kappa shape index (κ2) is 12.4. The van der Waals surface area contributed by atoms with Gasteiger partial charge in [0.15, 0.2) is 5.82 Å². The topological polar surface area (TPSA) is 93.5 Å². The van der Waals surface area contributed by atoms with Gasteiger partial charge >= 0.3 is 6.01 Å². The fraction of sp³-hybridized carbons (Fsp3) is 0.371. The Morgan fingerprint density at radius 3 is 2.83 bits per heavy atom. The van der Waals surface area contributed by atoms with Gasteiger partial charge in [0, 0.05) is 37.1 Å². The summed E-state index contributed by atoms with van der Waals surface area (Å²) in [6.07, 6.45) is 7.84. The molecule has 2 saturated heterocycles. The van der Waals surface area contributed by atoms with Gasteiger partial charge in [-0.25, -0.2) is 13.2 Å². The summed E-state index contributed by atoms with van der Waals surface area (Å²) >= 11 is 0. The SMILES string of the molecule is CCc1c(F)ccc2cc(O)cc(-c3ncc4c(OCCCc5cccnc5)nc(OC[C@@]56CCCN5C[C@H](F)C6)nc4c3F)c12. The lowest BCUT2D eigenvalue weighted by Gasteiger charge is -2.30. The van der Waals surface area contributed by atoms with E-state index >= 15 is 4.39 Å². The van der Waals surface area contributed by atoms with Crippen molar-refractivity contribution in [3.63, 3.8) is 0 Å². The highest BCUT2D eigenvalue weighted by atomic mass is 19.1. The van der Waals surface area contributed by atoms with Gasteiger partial charge in [-0.1, -0.05) is 19.1 Å². The molecule has 2 aliphatic rings. The van der Waals surface area contributed by atoms with Gasteiger partial charge in [-0.15, -0.1) is 0 Å². The highest BCUT2D eigenvalue weighted by molar-refractivity contribution is 6.01. The van der Waals surface area contributed by atoms with Gasteiger partial charge in [0.2, 0.25) is 5.88 Å². The minimum Gasteiger partial charge on any atom is -0.508 e. The average molecular weight is 630 g/mol. The number of nitrogens with zero attached hydrogens (tertiary/aromatic N) is 5. The van der Waals surface area contributed by atoms with Crippen molar-refractivity contribution in [2.75, 3.05) is 26.3 Å². The Morgan fingerprint density at radius 1 is 1.11 bits per heavy atom. The van der Waals surface area contributed by atoms with Gasteiger partial charge in [-0.2, -0.15) is 9.97 Å². The summed E-state index contributed by atoms with van der Waals surface area (Å²) in [5.74, 6) is -1.20. The van der Waals surface area contributed by atoms with E-state index in [0.717, 1.165) is 31.4 Å². The number of phenolic OH excluding ortho intramolecular Hbond substituents is 1. The lowest BCUT2D eigenvalue weighted by molar-refractivity contribution is 0.107. The molecule has 0 saturated carbocycles. The molecule has 238 valence electrons. The van der Waals surface area contributed by atoms with Crippen LogP contribution in [0.1, 0.15) is 43.7 Å². The summed E-state index contributed by atoms with van der Waals surface area (Å²) in [6.45, 7) is 3.43. The standard InChI is InChI=1S/C35H34F3N5O3/c1-2-25-28(37)9-8-22-14-24(44)15-26(29(22)25)31-30(38)32-27(18-40-31)33(45-13-4-7-21-6-3-11-39-17-21)42-34(41-32)46-20-35-10-5-12-43(35)19-23(36)16-35/h3,6,8-9,11,14-15,17-18,23,44H,2,4-5,7,10,12-13,16,19-20H2,1H3/t23-,35+/m1/s1. The molecule has 46 heavy (non-hydrogen) atoms. The number of rotatable bonds is 10. The highest BCUT2D eigenvalue weighted by Crippen LogP contribution is 2.41. The maximum Gasteiger partial charge on any atom is 0.320 e. The van der Waals surface area contributed by atoms with Crippen molar-refractivity contribution >= 4 is 21.7 Å². The number of fused-ring (bicyclic) bond motifs is 3. The van der Waals surface area contributed by atoms with E-state index < -0.39 is 23.3 Å². The Morgan fingerprint density at radius 2 is 2.00 bits per heavy atom. The van der Waals surface area contributed by atoms with E-state index in [-0.39, 0.29) is 53.0 Å². The van der Waals surface area contributed by atoms with Gasteiger partial charge in [-0.3, -0.25) is 14.9 Å². The van der Waals surface area contributed by atoms with Gasteiger partial charge in [-0.05, 0) is 84.8 Å². The van der Waals surface area contributed by atoms with Crippen molar-refractivity contribution < 1.29 is 27.8 Å². The number of hydrogen-bond acceptors (Lipinski definition) is 8. The Kier molecular flexibility index (Phi) is 8.10. The number of aromatic nitrogens is 4. The van der Waals surface area contributed by atoms with Crippen LogP contribution in [0.2, 0.25) is 0 Å². The molecule has 2 aliphatic heterocycles. The van der Waals surface area contributed by atoms with Crippen LogP contribution in [-0.2, 0) is 12.8 Å². The molecule has 8 nitrogen and oxygen atoms in total. The van der Waals surface area contributed by atoms with Crippen molar-refractivity contribution in [1.82, 2.24) is 24.8 Å². The first kappa shape index (κ1) is 30.2. The molecular weight excluding hydrogens is 595 g/mol. The van der Waals surface area contributed by atoms with Crippen LogP contribution in [0.5, 0.6) is 17.6 Å². The predicted molar refractivity (Wildman–Crippen MR) is 168 cm³/mol. The van der Waals surface area contributed by atoms with Crippen molar-refractivity contribution in [3.05, 3.63) is 77.8 Å². The number of alkyl halides is 1. The molecule has 5 aromatic rings. The fourth-order valence-electron chi connectivity index (χ4n) is 7.04. The third-order valence-corrected chi connectivity index (χ3v) is 9.19. The smallest absolute Gasteiger partial charge is 0.320 e. The first-order valence-electron chi connectivity index (χ1n) is 15.7. The second-order valence-electron chi connectivity index (χ2n) is 12.1. The lowest BCUT2D eigenvalue weighted by Crippen LogP contribution is -2.43. The molecule has 1 N–H and O–H groups in total. The van der Waals surface area contributed by atoms with Gasteiger partial charge < -0.3 is 14.6 Å². The minimum absolute atomic E-state index is 0.0845. The lowest BCUT2D eigenvalue weighted by atomic mass is 9.94. The number of ether oxygens (including phenoxy) is 2. The molecule has 0 unspecified atom stereocenters. The van der Waals surface area contributed by atoms with Crippen LogP contribution in [-0.4, -0.2) is 68.0 Å². The fourth-order valence-corrected chi connectivity index (χ4v) is 7.04. The molecule has 0 spiro atoms. The van der Waals surface area contributed by atoms with Gasteiger partial charge in [0.05, 0.1) is 17.5 Å². The van der Waals surface area contributed by atoms with Crippen molar-refractivity contribution in [2.45, 2.75) is 57.2 Å². The van der Waals surface area contributed by atoms with E-state index in [1.165, 1.54) is 24.4 Å². The molecule has 2 fully saturated rings. The maximum absolute atomic E-state index is 16.6. The predicted octanol–water partition coefficient (Wildman–Crippen LogP) is 6.75. The van der Waals surface area contributed by atoms with Crippen LogP contribution in [0, 0.1) is 11.6 Å². The van der Waals surface area contributed by atoms with E-state index in [2.05, 4.69) is 24.8 Å². The first-order valence-corrected chi connectivity index (χ1v) is 15.7. The number of halogens is 3. The quantitative estimate of drug-likeness (QED) is 0.170. The minimum atomic E-state index is -0.929.